The lowest BCUT2D eigenvalue weighted by molar-refractivity contribution is 0.102. The third-order valence-corrected chi connectivity index (χ3v) is 5.21. The Morgan fingerprint density at radius 3 is 2.68 bits per heavy atom. The first-order chi connectivity index (χ1) is 12.1. The summed E-state index contributed by atoms with van der Waals surface area (Å²) < 4.78 is 1.94. The zero-order valence-corrected chi connectivity index (χ0v) is 15.6. The first kappa shape index (κ1) is 17.9. The molecule has 5 nitrogen and oxygen atoms in total. The standard InChI is InChI=1S/C17H14Cl2N4OS/c1-2-23-16(14-5-3-4-8-20-14)21-22-17(23)25-10-15(24)11-6-7-12(18)13(19)9-11/h3-9H,2,10H2,1H3. The van der Waals surface area contributed by atoms with Crippen molar-refractivity contribution in [3.8, 4) is 11.5 Å². The van der Waals surface area contributed by atoms with Crippen LogP contribution in [0, 0.1) is 0 Å². The topological polar surface area (TPSA) is 60.7 Å². The van der Waals surface area contributed by atoms with E-state index in [9.17, 15) is 4.79 Å². The van der Waals surface area contributed by atoms with E-state index in [1.807, 2.05) is 29.7 Å². The number of hydrogen-bond acceptors (Lipinski definition) is 5. The van der Waals surface area contributed by atoms with Gasteiger partial charge in [0.05, 0.1) is 15.8 Å². The highest BCUT2D eigenvalue weighted by Crippen LogP contribution is 2.26. The molecule has 2 aromatic heterocycles. The summed E-state index contributed by atoms with van der Waals surface area (Å²) >= 11 is 13.2. The summed E-state index contributed by atoms with van der Waals surface area (Å²) in [5.41, 5.74) is 1.27. The van der Waals surface area contributed by atoms with Gasteiger partial charge >= 0.3 is 0 Å². The number of benzene rings is 1. The fraction of sp³-hybridized carbons (Fsp3) is 0.176. The summed E-state index contributed by atoms with van der Waals surface area (Å²) in [6.45, 7) is 2.68. The van der Waals surface area contributed by atoms with Crippen LogP contribution in [-0.2, 0) is 6.54 Å². The highest BCUT2D eigenvalue weighted by molar-refractivity contribution is 7.99. The van der Waals surface area contributed by atoms with Gasteiger partial charge in [-0.3, -0.25) is 9.78 Å². The first-order valence-electron chi connectivity index (χ1n) is 7.55. The van der Waals surface area contributed by atoms with Crippen molar-refractivity contribution in [1.82, 2.24) is 19.7 Å². The molecule has 2 heterocycles. The van der Waals surface area contributed by atoms with Gasteiger partial charge in [-0.25, -0.2) is 0 Å². The molecule has 0 amide bonds. The lowest BCUT2D eigenvalue weighted by Gasteiger charge is -2.07. The lowest BCUT2D eigenvalue weighted by atomic mass is 10.1. The van der Waals surface area contributed by atoms with Crippen LogP contribution in [0.15, 0.2) is 47.8 Å². The maximum absolute atomic E-state index is 12.4. The molecule has 1 aromatic carbocycles. The predicted molar refractivity (Wildman–Crippen MR) is 100 cm³/mol. The number of rotatable bonds is 6. The van der Waals surface area contributed by atoms with Crippen molar-refractivity contribution in [2.75, 3.05) is 5.75 Å². The molecule has 0 spiro atoms. The Morgan fingerprint density at radius 2 is 2.00 bits per heavy atom. The van der Waals surface area contributed by atoms with Gasteiger partial charge in [-0.05, 0) is 37.3 Å². The maximum atomic E-state index is 12.4. The molecule has 0 unspecified atom stereocenters. The third-order valence-electron chi connectivity index (χ3n) is 3.50. The van der Waals surface area contributed by atoms with Crippen LogP contribution in [0.5, 0.6) is 0 Å². The first-order valence-corrected chi connectivity index (χ1v) is 9.30. The zero-order chi connectivity index (χ0) is 17.8. The molecular weight excluding hydrogens is 379 g/mol. The van der Waals surface area contributed by atoms with Gasteiger partial charge in [0, 0.05) is 18.3 Å². The second-order valence-electron chi connectivity index (χ2n) is 5.11. The molecule has 128 valence electrons. The van der Waals surface area contributed by atoms with Crippen molar-refractivity contribution < 1.29 is 4.79 Å². The fourth-order valence-corrected chi connectivity index (χ4v) is 3.44. The molecular formula is C17H14Cl2N4OS. The molecule has 0 saturated heterocycles. The van der Waals surface area contributed by atoms with Gasteiger partial charge in [0.15, 0.2) is 16.8 Å². The van der Waals surface area contributed by atoms with Crippen LogP contribution in [-0.4, -0.2) is 31.3 Å². The molecule has 0 bridgehead atoms. The van der Waals surface area contributed by atoms with E-state index in [0.717, 1.165) is 5.69 Å². The maximum Gasteiger partial charge on any atom is 0.191 e. The van der Waals surface area contributed by atoms with E-state index in [4.69, 9.17) is 23.2 Å². The summed E-state index contributed by atoms with van der Waals surface area (Å²) in [4.78, 5) is 16.7. The van der Waals surface area contributed by atoms with Crippen LogP contribution < -0.4 is 0 Å². The van der Waals surface area contributed by atoms with Gasteiger partial charge in [0.2, 0.25) is 0 Å². The van der Waals surface area contributed by atoms with Gasteiger partial charge in [0.25, 0.3) is 0 Å². The Labute approximate surface area is 159 Å². The second kappa shape index (κ2) is 7.99. The van der Waals surface area contributed by atoms with Crippen LogP contribution in [0.2, 0.25) is 10.0 Å². The summed E-state index contributed by atoms with van der Waals surface area (Å²) in [6.07, 6.45) is 1.71. The van der Waals surface area contributed by atoms with E-state index in [0.29, 0.717) is 33.1 Å². The normalized spacial score (nSPS) is 10.8. The molecule has 0 atom stereocenters. The Bertz CT molecular complexity index is 899. The molecule has 0 saturated carbocycles. The molecule has 25 heavy (non-hydrogen) atoms. The molecule has 0 aliphatic carbocycles. The van der Waals surface area contributed by atoms with Crippen molar-refractivity contribution in [3.05, 3.63) is 58.2 Å². The van der Waals surface area contributed by atoms with E-state index in [1.165, 1.54) is 11.8 Å². The summed E-state index contributed by atoms with van der Waals surface area (Å²) in [5.74, 6) is 0.874. The lowest BCUT2D eigenvalue weighted by Crippen LogP contribution is -2.05. The van der Waals surface area contributed by atoms with Crippen LogP contribution in [0.4, 0.5) is 0 Å². The van der Waals surface area contributed by atoms with Crippen molar-refractivity contribution >= 4 is 40.7 Å². The molecule has 3 rings (SSSR count). The van der Waals surface area contributed by atoms with Crippen LogP contribution in [0.1, 0.15) is 17.3 Å². The minimum Gasteiger partial charge on any atom is -0.301 e. The molecule has 3 aromatic rings. The van der Waals surface area contributed by atoms with Crippen molar-refractivity contribution in [3.63, 3.8) is 0 Å². The number of nitrogens with zero attached hydrogens (tertiary/aromatic N) is 4. The highest BCUT2D eigenvalue weighted by atomic mass is 35.5. The van der Waals surface area contributed by atoms with Gasteiger partial charge < -0.3 is 4.57 Å². The molecule has 8 heteroatoms. The largest absolute Gasteiger partial charge is 0.301 e. The van der Waals surface area contributed by atoms with E-state index in [2.05, 4.69) is 15.2 Å². The monoisotopic (exact) mass is 392 g/mol. The molecule has 0 aliphatic heterocycles. The van der Waals surface area contributed by atoms with Gasteiger partial charge in [-0.15, -0.1) is 10.2 Å². The number of halogens is 2. The summed E-state index contributed by atoms with van der Waals surface area (Å²) in [6, 6.07) is 10.5. The average molecular weight is 393 g/mol. The van der Waals surface area contributed by atoms with E-state index in [-0.39, 0.29) is 11.5 Å². The number of hydrogen-bond donors (Lipinski definition) is 0. The van der Waals surface area contributed by atoms with Crippen molar-refractivity contribution in [2.24, 2.45) is 0 Å². The Balaban J connectivity index is 1.76. The number of ketones is 1. The summed E-state index contributed by atoms with van der Waals surface area (Å²) in [5, 5.41) is 9.88. The zero-order valence-electron chi connectivity index (χ0n) is 13.3. The highest BCUT2D eigenvalue weighted by Gasteiger charge is 2.16. The molecule has 0 radical (unpaired) electrons. The Morgan fingerprint density at radius 1 is 1.16 bits per heavy atom. The van der Waals surface area contributed by atoms with Gasteiger partial charge in [-0.2, -0.15) is 0 Å². The van der Waals surface area contributed by atoms with Crippen LogP contribution in [0.3, 0.4) is 0 Å². The van der Waals surface area contributed by atoms with Crippen molar-refractivity contribution in [1.29, 1.82) is 0 Å². The number of carbonyl (C=O) groups is 1. The number of carbonyl (C=O) groups excluding carboxylic acids is 1. The van der Waals surface area contributed by atoms with E-state index < -0.39 is 0 Å². The average Bonchev–Trinajstić information content (AvgIpc) is 3.05. The number of thioether (sulfide) groups is 1. The third kappa shape index (κ3) is 4.03. The minimum absolute atomic E-state index is 0.0476. The Kier molecular flexibility index (Phi) is 5.73. The van der Waals surface area contributed by atoms with E-state index in [1.54, 1.807) is 24.4 Å². The molecule has 0 aliphatic rings. The van der Waals surface area contributed by atoms with Gasteiger partial charge in [-0.1, -0.05) is 41.0 Å². The SMILES string of the molecule is CCn1c(SCC(=O)c2ccc(Cl)c(Cl)c2)nnc1-c1ccccn1. The van der Waals surface area contributed by atoms with Crippen LogP contribution in [0.25, 0.3) is 11.5 Å². The number of Topliss-reactive ketones (excluding diaryl/α,β-unsaturated/α-hetero) is 1. The number of pyridine rings is 1. The molecule has 0 fully saturated rings. The van der Waals surface area contributed by atoms with Crippen molar-refractivity contribution in [2.45, 2.75) is 18.6 Å². The fourth-order valence-electron chi connectivity index (χ4n) is 2.25. The minimum atomic E-state index is -0.0476. The second-order valence-corrected chi connectivity index (χ2v) is 6.86. The number of aromatic nitrogens is 4. The van der Waals surface area contributed by atoms with Crippen LogP contribution >= 0.6 is 35.0 Å². The smallest absolute Gasteiger partial charge is 0.191 e. The molecule has 0 N–H and O–H groups in total. The summed E-state index contributed by atoms with van der Waals surface area (Å²) in [7, 11) is 0. The van der Waals surface area contributed by atoms with Gasteiger partial charge in [0.1, 0.15) is 5.69 Å². The predicted octanol–water partition coefficient (Wildman–Crippen LogP) is 4.64. The Hall–Kier alpha value is -1.89. The quantitative estimate of drug-likeness (QED) is 0.451. The van der Waals surface area contributed by atoms with E-state index >= 15 is 0 Å².